The highest BCUT2D eigenvalue weighted by Crippen LogP contribution is 2.27. The lowest BCUT2D eigenvalue weighted by atomic mass is 10.0. The van der Waals surface area contributed by atoms with Crippen molar-refractivity contribution in [2.45, 2.75) is 18.9 Å². The number of piperidine rings is 1. The molecular formula is C17H17F2N3OS. The minimum Gasteiger partial charge on any atom is -0.333 e. The summed E-state index contributed by atoms with van der Waals surface area (Å²) in [4.78, 5) is 17.1. The molecule has 0 saturated carbocycles. The second-order valence-electron chi connectivity index (χ2n) is 6.35. The molecule has 4 nitrogen and oxygen atoms in total. The number of fused-ring (bicyclic) bond motifs is 3. The molecule has 4 rings (SSSR count). The molecule has 126 valence electrons. The summed E-state index contributed by atoms with van der Waals surface area (Å²) in [6.07, 6.45) is 2.25. The van der Waals surface area contributed by atoms with Gasteiger partial charge < -0.3 is 10.2 Å². The monoisotopic (exact) mass is 349 g/mol. The Balaban J connectivity index is 1.47. The van der Waals surface area contributed by atoms with Crippen molar-refractivity contribution in [1.29, 1.82) is 0 Å². The molecular weight excluding hydrogens is 332 g/mol. The molecule has 2 unspecified atom stereocenters. The number of carbonyl (C=O) groups is 1. The normalized spacial score (nSPS) is 27.1. The molecule has 4 heterocycles. The predicted molar refractivity (Wildman–Crippen MR) is 89.0 cm³/mol. The van der Waals surface area contributed by atoms with Crippen LogP contribution in [0.25, 0.3) is 12.3 Å². The lowest BCUT2D eigenvalue weighted by molar-refractivity contribution is 0.212. The number of urea groups is 1. The van der Waals surface area contributed by atoms with E-state index in [2.05, 4.69) is 16.1 Å². The molecule has 7 heteroatoms. The molecule has 1 aromatic rings. The van der Waals surface area contributed by atoms with Crippen LogP contribution >= 0.6 is 11.3 Å². The first-order valence-corrected chi connectivity index (χ1v) is 8.81. The minimum absolute atomic E-state index is 0.0953. The van der Waals surface area contributed by atoms with Crippen LogP contribution in [-0.4, -0.2) is 54.5 Å². The molecule has 3 aliphatic rings. The van der Waals surface area contributed by atoms with Gasteiger partial charge in [-0.15, -0.1) is 11.3 Å². The van der Waals surface area contributed by atoms with Gasteiger partial charge in [-0.2, -0.15) is 8.78 Å². The van der Waals surface area contributed by atoms with Crippen LogP contribution in [0, 0.1) is 17.8 Å². The average molecular weight is 349 g/mol. The molecule has 2 fully saturated rings. The Kier molecular flexibility index (Phi) is 4.02. The predicted octanol–water partition coefficient (Wildman–Crippen LogP) is 0.613. The van der Waals surface area contributed by atoms with Gasteiger partial charge in [0, 0.05) is 41.6 Å². The van der Waals surface area contributed by atoms with Crippen molar-refractivity contribution in [2.75, 3.05) is 26.2 Å². The molecule has 3 atom stereocenters. The van der Waals surface area contributed by atoms with Crippen LogP contribution in [0.4, 0.5) is 13.6 Å². The van der Waals surface area contributed by atoms with Gasteiger partial charge in [-0.1, -0.05) is 5.92 Å². The number of hydrogen-bond acceptors (Lipinski definition) is 3. The zero-order valence-corrected chi connectivity index (χ0v) is 13.8. The van der Waals surface area contributed by atoms with E-state index in [4.69, 9.17) is 0 Å². The first-order chi connectivity index (χ1) is 11.6. The van der Waals surface area contributed by atoms with Crippen LogP contribution < -0.4 is 15.1 Å². The highest BCUT2D eigenvalue weighted by atomic mass is 32.1. The Morgan fingerprint density at radius 1 is 1.42 bits per heavy atom. The number of nitrogens with one attached hydrogen (secondary N) is 1. The molecule has 2 saturated heterocycles. The summed E-state index contributed by atoms with van der Waals surface area (Å²) in [5.41, 5.74) is 0. The lowest BCUT2D eigenvalue weighted by Crippen LogP contribution is -2.49. The molecule has 1 N–H and O–H groups in total. The van der Waals surface area contributed by atoms with Gasteiger partial charge >= 0.3 is 6.03 Å². The second kappa shape index (κ2) is 6.19. The van der Waals surface area contributed by atoms with Gasteiger partial charge in [0.25, 0.3) is 6.43 Å². The SMILES string of the molecule is O=C(NC1CN2CC[C@H]1C2)N1C=c2cc(C#CC(F)F)sc2=CC1. The number of hydrogen-bond donors (Lipinski definition) is 1. The molecule has 3 aliphatic heterocycles. The number of alkyl halides is 2. The lowest BCUT2D eigenvalue weighted by Gasteiger charge is -2.26. The molecule has 0 aliphatic carbocycles. The van der Waals surface area contributed by atoms with Crippen LogP contribution in [0.2, 0.25) is 0 Å². The third kappa shape index (κ3) is 3.04. The van der Waals surface area contributed by atoms with Crippen LogP contribution in [-0.2, 0) is 0 Å². The molecule has 2 bridgehead atoms. The fourth-order valence-corrected chi connectivity index (χ4v) is 4.52. The van der Waals surface area contributed by atoms with Gasteiger partial charge in [-0.05, 0) is 36.9 Å². The topological polar surface area (TPSA) is 35.6 Å². The van der Waals surface area contributed by atoms with Crippen molar-refractivity contribution in [3.05, 3.63) is 20.7 Å². The summed E-state index contributed by atoms with van der Waals surface area (Å²) < 4.78 is 25.3. The maximum atomic E-state index is 12.5. The van der Waals surface area contributed by atoms with Crippen molar-refractivity contribution >= 4 is 29.6 Å². The maximum absolute atomic E-state index is 12.5. The molecule has 2 amide bonds. The fourth-order valence-electron chi connectivity index (χ4n) is 3.60. The average Bonchev–Trinajstić information content (AvgIpc) is 3.26. The standard InChI is InChI=1S/C17H17F2N3OS/c18-16(19)2-1-13-7-12-9-22(6-4-15(12)24-13)17(23)20-14-10-21-5-3-11(14)8-21/h4,7,9,11,14,16H,3,5-6,8,10H2,(H,20,23)/t11-,14?/m0/s1. The van der Waals surface area contributed by atoms with Gasteiger partial charge in [0.1, 0.15) is 0 Å². The van der Waals surface area contributed by atoms with Crippen LogP contribution in [0.15, 0.2) is 6.07 Å². The van der Waals surface area contributed by atoms with Gasteiger partial charge in [0.05, 0.1) is 4.88 Å². The van der Waals surface area contributed by atoms with Crippen molar-refractivity contribution in [3.63, 3.8) is 0 Å². The second-order valence-corrected chi connectivity index (χ2v) is 7.43. The van der Waals surface area contributed by atoms with E-state index in [0.29, 0.717) is 17.3 Å². The first-order valence-electron chi connectivity index (χ1n) is 7.99. The van der Waals surface area contributed by atoms with Gasteiger partial charge in [0.2, 0.25) is 0 Å². The summed E-state index contributed by atoms with van der Waals surface area (Å²) in [7, 11) is 0. The molecule has 24 heavy (non-hydrogen) atoms. The van der Waals surface area contributed by atoms with Crippen LogP contribution in [0.3, 0.4) is 0 Å². The Morgan fingerprint density at radius 2 is 2.29 bits per heavy atom. The maximum Gasteiger partial charge on any atom is 0.321 e. The molecule has 0 spiro atoms. The third-order valence-corrected chi connectivity index (χ3v) is 5.83. The van der Waals surface area contributed by atoms with E-state index in [1.54, 1.807) is 17.2 Å². The fraction of sp³-hybridized carbons (Fsp3) is 0.471. The first kappa shape index (κ1) is 15.6. The Labute approximate surface area is 142 Å². The number of carbonyl (C=O) groups excluding carboxylic acids is 1. The van der Waals surface area contributed by atoms with Crippen LogP contribution in [0.5, 0.6) is 0 Å². The summed E-state index contributed by atoms with van der Waals surface area (Å²) in [5.74, 6) is 4.91. The Bertz CT molecular complexity index is 838. The number of thiophene rings is 1. The van der Waals surface area contributed by atoms with Crippen molar-refractivity contribution in [2.24, 2.45) is 5.92 Å². The molecule has 0 aromatic carbocycles. The zero-order chi connectivity index (χ0) is 16.7. The number of halogens is 2. The van der Waals surface area contributed by atoms with E-state index in [9.17, 15) is 13.6 Å². The van der Waals surface area contributed by atoms with E-state index in [-0.39, 0.29) is 12.1 Å². The van der Waals surface area contributed by atoms with Gasteiger partial charge in [-0.25, -0.2) is 4.79 Å². The summed E-state index contributed by atoms with van der Waals surface area (Å²) in [5, 5.41) is 3.99. The molecule has 0 radical (unpaired) electrons. The van der Waals surface area contributed by atoms with E-state index in [1.807, 2.05) is 12.0 Å². The smallest absolute Gasteiger partial charge is 0.321 e. The third-order valence-electron chi connectivity index (χ3n) is 4.77. The Morgan fingerprint density at radius 3 is 3.00 bits per heavy atom. The zero-order valence-electron chi connectivity index (χ0n) is 13.0. The van der Waals surface area contributed by atoms with E-state index >= 15 is 0 Å². The largest absolute Gasteiger partial charge is 0.333 e. The van der Waals surface area contributed by atoms with E-state index in [1.165, 1.54) is 11.3 Å². The minimum atomic E-state index is -2.63. The highest BCUT2D eigenvalue weighted by molar-refractivity contribution is 7.10. The van der Waals surface area contributed by atoms with E-state index in [0.717, 1.165) is 35.8 Å². The molecule has 1 aromatic heterocycles. The van der Waals surface area contributed by atoms with Crippen molar-refractivity contribution in [3.8, 4) is 11.8 Å². The van der Waals surface area contributed by atoms with Crippen LogP contribution in [0.1, 0.15) is 11.3 Å². The van der Waals surface area contributed by atoms with Crippen molar-refractivity contribution in [1.82, 2.24) is 15.1 Å². The van der Waals surface area contributed by atoms with E-state index < -0.39 is 6.43 Å². The number of nitrogens with zero attached hydrogens (tertiary/aromatic N) is 2. The van der Waals surface area contributed by atoms with Crippen molar-refractivity contribution < 1.29 is 13.6 Å². The summed E-state index contributed by atoms with van der Waals surface area (Å²) in [6, 6.07) is 1.90. The van der Waals surface area contributed by atoms with Gasteiger partial charge in [-0.3, -0.25) is 4.90 Å². The highest BCUT2D eigenvalue weighted by Gasteiger charge is 2.39. The van der Waals surface area contributed by atoms with Gasteiger partial charge in [0.15, 0.2) is 0 Å². The Hall–Kier alpha value is -1.91. The number of amides is 2. The quantitative estimate of drug-likeness (QED) is 0.755. The summed E-state index contributed by atoms with van der Waals surface area (Å²) in [6.45, 7) is 3.65. The summed E-state index contributed by atoms with van der Waals surface area (Å²) >= 11 is 1.38. The number of rotatable bonds is 1.